The molecule has 1 aliphatic heterocycles. The van der Waals surface area contributed by atoms with Crippen LogP contribution in [0, 0.1) is 16.7 Å². The fraction of sp³-hybridized carbons (Fsp3) is 0.552. The molecule has 9 nitrogen and oxygen atoms in total. The summed E-state index contributed by atoms with van der Waals surface area (Å²) in [5.41, 5.74) is 3.59. The van der Waals surface area contributed by atoms with Gasteiger partial charge >= 0.3 is 0 Å². The molecule has 2 unspecified atom stereocenters. The van der Waals surface area contributed by atoms with Crippen LogP contribution in [0.5, 0.6) is 0 Å². The zero-order chi connectivity index (χ0) is 28.4. The molecule has 1 aromatic carbocycles. The van der Waals surface area contributed by atoms with Crippen molar-refractivity contribution in [3.8, 4) is 6.07 Å². The second-order valence-electron chi connectivity index (χ2n) is 11.7. The molecule has 1 aliphatic carbocycles. The van der Waals surface area contributed by atoms with Gasteiger partial charge in [0, 0.05) is 30.4 Å². The van der Waals surface area contributed by atoms with Gasteiger partial charge in [-0.15, -0.1) is 0 Å². The molecular formula is C29H39N5O4S. The molecule has 10 heteroatoms. The van der Waals surface area contributed by atoms with E-state index in [1.165, 1.54) is 6.20 Å². The highest BCUT2D eigenvalue weighted by molar-refractivity contribution is 7.92. The lowest BCUT2D eigenvalue weighted by Gasteiger charge is -2.44. The summed E-state index contributed by atoms with van der Waals surface area (Å²) in [6.45, 7) is 9.18. The van der Waals surface area contributed by atoms with Crippen LogP contribution in [-0.2, 0) is 20.1 Å². The molecule has 1 aromatic heterocycles. The Morgan fingerprint density at radius 2 is 1.97 bits per heavy atom. The monoisotopic (exact) mass is 553 g/mol. The molecule has 1 fully saturated rings. The van der Waals surface area contributed by atoms with Gasteiger partial charge in [0.15, 0.2) is 15.7 Å². The minimum absolute atomic E-state index is 0.0678. The van der Waals surface area contributed by atoms with Crippen molar-refractivity contribution < 1.29 is 17.9 Å². The summed E-state index contributed by atoms with van der Waals surface area (Å²) in [4.78, 5) is 19.8. The lowest BCUT2D eigenvalue weighted by molar-refractivity contribution is 0.101. The number of nitrogens with one attached hydrogen (secondary N) is 3. The number of amides is 1. The summed E-state index contributed by atoms with van der Waals surface area (Å²) in [5, 5.41) is 14.7. The number of H-pyrrole nitrogens is 1. The SMILES string of the molecule is COCCNC1(c2ccc(NC(=O)c3ncc(C#N)[nH]3)c(C3=CCC(C)(C)CC3)c2)CC(C)S(=O)(=O)C(C)C1. The predicted molar refractivity (Wildman–Crippen MR) is 152 cm³/mol. The van der Waals surface area contributed by atoms with Gasteiger partial charge in [0.05, 0.1) is 23.3 Å². The standard InChI is InChI=1S/C29H39N5O4S/c1-19-15-29(32-12-13-38-5,16-20(2)39(19,36)37)22-6-7-25(34-27(35)26-31-18-23(17-30)33-26)24(14-22)21-8-10-28(3,4)11-9-21/h6-8,14,18-20,32H,9-13,15-16H2,1-5H3,(H,31,33)(H,34,35). The second-order valence-corrected chi connectivity index (χ2v) is 14.5. The maximum absolute atomic E-state index is 13.0. The topological polar surface area (TPSA) is 137 Å². The summed E-state index contributed by atoms with van der Waals surface area (Å²) in [5.74, 6) is -0.362. The Kier molecular flexibility index (Phi) is 8.36. The molecule has 2 heterocycles. The van der Waals surface area contributed by atoms with Crippen molar-refractivity contribution in [1.82, 2.24) is 15.3 Å². The predicted octanol–water partition coefficient (Wildman–Crippen LogP) is 4.54. The van der Waals surface area contributed by atoms with Gasteiger partial charge in [0.25, 0.3) is 5.91 Å². The average Bonchev–Trinajstić information content (AvgIpc) is 3.38. The van der Waals surface area contributed by atoms with Gasteiger partial charge in [-0.3, -0.25) is 4.79 Å². The van der Waals surface area contributed by atoms with Gasteiger partial charge in [-0.25, -0.2) is 13.4 Å². The van der Waals surface area contributed by atoms with Crippen LogP contribution in [-0.4, -0.2) is 55.1 Å². The molecule has 0 spiro atoms. The summed E-state index contributed by atoms with van der Waals surface area (Å²) in [7, 11) is -1.57. The van der Waals surface area contributed by atoms with Crippen LogP contribution >= 0.6 is 0 Å². The number of nitrogens with zero attached hydrogens (tertiary/aromatic N) is 2. The molecule has 0 radical (unpaired) electrons. The summed E-state index contributed by atoms with van der Waals surface area (Å²) in [6.07, 6.45) is 7.29. The van der Waals surface area contributed by atoms with Gasteiger partial charge in [-0.1, -0.05) is 26.0 Å². The van der Waals surface area contributed by atoms with Crippen LogP contribution in [0.1, 0.15) is 87.2 Å². The number of sulfone groups is 1. The number of carbonyl (C=O) groups excluding carboxylic acids is 1. The number of ether oxygens (including phenoxy) is 1. The van der Waals surface area contributed by atoms with Crippen molar-refractivity contribution >= 4 is 27.0 Å². The van der Waals surface area contributed by atoms with Gasteiger partial charge in [0.1, 0.15) is 11.8 Å². The maximum Gasteiger partial charge on any atom is 0.291 e. The smallest absolute Gasteiger partial charge is 0.291 e. The van der Waals surface area contributed by atoms with E-state index in [2.05, 4.69) is 46.6 Å². The van der Waals surface area contributed by atoms with Gasteiger partial charge in [-0.05, 0) is 74.6 Å². The quantitative estimate of drug-likeness (QED) is 0.408. The number of hydrogen-bond donors (Lipinski definition) is 3. The van der Waals surface area contributed by atoms with Crippen molar-refractivity contribution in [2.24, 2.45) is 5.41 Å². The first kappa shape index (κ1) is 29.0. The van der Waals surface area contributed by atoms with E-state index in [9.17, 15) is 13.2 Å². The van der Waals surface area contributed by atoms with Crippen LogP contribution in [0.25, 0.3) is 5.57 Å². The highest BCUT2D eigenvalue weighted by atomic mass is 32.2. The van der Waals surface area contributed by atoms with Crippen molar-refractivity contribution in [2.75, 3.05) is 25.6 Å². The number of anilines is 1. The number of aromatic nitrogens is 2. The fourth-order valence-electron chi connectivity index (χ4n) is 5.78. The molecule has 2 atom stereocenters. The molecule has 1 amide bonds. The third kappa shape index (κ3) is 6.11. The Hall–Kier alpha value is -3.00. The van der Waals surface area contributed by atoms with Crippen molar-refractivity contribution in [1.29, 1.82) is 5.26 Å². The van der Waals surface area contributed by atoms with E-state index in [1.54, 1.807) is 21.0 Å². The molecule has 3 N–H and O–H groups in total. The van der Waals surface area contributed by atoms with E-state index in [4.69, 9.17) is 10.00 Å². The first-order valence-electron chi connectivity index (χ1n) is 13.5. The third-order valence-corrected chi connectivity index (χ3v) is 10.8. The zero-order valence-corrected chi connectivity index (χ0v) is 24.2. The fourth-order valence-corrected chi connectivity index (χ4v) is 7.61. The highest BCUT2D eigenvalue weighted by Gasteiger charge is 2.47. The summed E-state index contributed by atoms with van der Waals surface area (Å²) >= 11 is 0. The molecule has 0 saturated carbocycles. The number of nitriles is 1. The Labute approximate surface area is 231 Å². The molecule has 2 aliphatic rings. The Bertz CT molecular complexity index is 1380. The van der Waals surface area contributed by atoms with E-state index in [-0.39, 0.29) is 16.9 Å². The lowest BCUT2D eigenvalue weighted by Crippen LogP contribution is -2.54. The number of aromatic amines is 1. The summed E-state index contributed by atoms with van der Waals surface area (Å²) in [6, 6.07) is 7.94. The minimum atomic E-state index is -3.22. The third-order valence-electron chi connectivity index (χ3n) is 8.21. The van der Waals surface area contributed by atoms with E-state index in [1.807, 2.05) is 18.2 Å². The zero-order valence-electron chi connectivity index (χ0n) is 23.4. The molecular weight excluding hydrogens is 514 g/mol. The number of allylic oxidation sites excluding steroid dienone is 2. The van der Waals surface area contributed by atoms with Crippen LogP contribution in [0.2, 0.25) is 0 Å². The van der Waals surface area contributed by atoms with E-state index in [0.717, 1.165) is 36.0 Å². The Morgan fingerprint density at radius 1 is 1.26 bits per heavy atom. The number of hydrogen-bond acceptors (Lipinski definition) is 7. The first-order valence-corrected chi connectivity index (χ1v) is 15.1. The van der Waals surface area contributed by atoms with Gasteiger partial charge in [0.2, 0.25) is 0 Å². The van der Waals surface area contributed by atoms with Crippen molar-refractivity contribution in [3.05, 3.63) is 53.1 Å². The Morgan fingerprint density at radius 3 is 2.56 bits per heavy atom. The Balaban J connectivity index is 1.77. The number of carbonyl (C=O) groups is 1. The number of rotatable bonds is 8. The number of imidazole rings is 1. The molecule has 210 valence electrons. The molecule has 0 bridgehead atoms. The van der Waals surface area contributed by atoms with E-state index in [0.29, 0.717) is 31.7 Å². The van der Waals surface area contributed by atoms with Gasteiger partial charge in [-0.2, -0.15) is 5.26 Å². The first-order chi connectivity index (χ1) is 18.4. The minimum Gasteiger partial charge on any atom is -0.383 e. The summed E-state index contributed by atoms with van der Waals surface area (Å²) < 4.78 is 31.2. The normalized spacial score (nSPS) is 25.9. The number of benzene rings is 1. The average molecular weight is 554 g/mol. The maximum atomic E-state index is 13.0. The molecule has 1 saturated heterocycles. The van der Waals surface area contributed by atoms with Crippen LogP contribution in [0.3, 0.4) is 0 Å². The molecule has 39 heavy (non-hydrogen) atoms. The van der Waals surface area contributed by atoms with E-state index >= 15 is 0 Å². The lowest BCUT2D eigenvalue weighted by atomic mass is 9.75. The van der Waals surface area contributed by atoms with Crippen molar-refractivity contribution in [3.63, 3.8) is 0 Å². The van der Waals surface area contributed by atoms with Gasteiger partial charge < -0.3 is 20.4 Å². The highest BCUT2D eigenvalue weighted by Crippen LogP contribution is 2.44. The second kappa shape index (κ2) is 11.2. The molecule has 2 aromatic rings. The van der Waals surface area contributed by atoms with Crippen LogP contribution in [0.15, 0.2) is 30.5 Å². The number of methoxy groups -OCH3 is 1. The van der Waals surface area contributed by atoms with Crippen molar-refractivity contribution in [2.45, 2.75) is 75.8 Å². The van der Waals surface area contributed by atoms with Crippen LogP contribution in [0.4, 0.5) is 5.69 Å². The van der Waals surface area contributed by atoms with E-state index < -0.39 is 31.8 Å². The van der Waals surface area contributed by atoms with Crippen LogP contribution < -0.4 is 10.6 Å². The largest absolute Gasteiger partial charge is 0.383 e. The molecule has 4 rings (SSSR count).